The van der Waals surface area contributed by atoms with Gasteiger partial charge in [-0.3, -0.25) is 10.1 Å². The van der Waals surface area contributed by atoms with Crippen LogP contribution in [0.25, 0.3) is 0 Å². The van der Waals surface area contributed by atoms with Crippen LogP contribution in [0.5, 0.6) is 5.75 Å². The predicted molar refractivity (Wildman–Crippen MR) is 59.8 cm³/mol. The molecule has 88 valence electrons. The first-order chi connectivity index (χ1) is 7.42. The van der Waals surface area contributed by atoms with Crippen LogP contribution in [0, 0.1) is 10.1 Å². The summed E-state index contributed by atoms with van der Waals surface area (Å²) in [5.41, 5.74) is -0.173. The van der Waals surface area contributed by atoms with Crippen LogP contribution < -0.4 is 4.74 Å². The van der Waals surface area contributed by atoms with Crippen molar-refractivity contribution in [3.8, 4) is 5.75 Å². The first-order valence-electron chi connectivity index (χ1n) is 4.86. The largest absolute Gasteiger partial charge is 0.497 e. The van der Waals surface area contributed by atoms with Gasteiger partial charge in [0.15, 0.2) is 0 Å². The van der Waals surface area contributed by atoms with Gasteiger partial charge in [-0.05, 0) is 12.1 Å². The number of nitro benzene ring substituents is 1. The summed E-state index contributed by atoms with van der Waals surface area (Å²) in [5, 5.41) is 20.1. The standard InChI is InChI=1S/C11H15NO4/c1-11(2,7-13)9-5-4-8(16-3)6-10(9)12(14)15/h4-6,13H,7H2,1-3H3. The average Bonchev–Trinajstić information content (AvgIpc) is 2.28. The molecule has 0 fully saturated rings. The Bertz CT molecular complexity index is 401. The molecule has 0 aliphatic carbocycles. The highest BCUT2D eigenvalue weighted by Gasteiger charge is 2.28. The maximum atomic E-state index is 10.9. The quantitative estimate of drug-likeness (QED) is 0.627. The van der Waals surface area contributed by atoms with E-state index in [2.05, 4.69) is 0 Å². The van der Waals surface area contributed by atoms with Gasteiger partial charge in [-0.15, -0.1) is 0 Å². The molecule has 1 aromatic rings. The molecular formula is C11H15NO4. The first kappa shape index (κ1) is 12.4. The van der Waals surface area contributed by atoms with E-state index in [1.807, 2.05) is 0 Å². The summed E-state index contributed by atoms with van der Waals surface area (Å²) in [4.78, 5) is 10.5. The molecule has 0 atom stereocenters. The van der Waals surface area contributed by atoms with Gasteiger partial charge in [-0.25, -0.2) is 0 Å². The number of nitrogens with zero attached hydrogens (tertiary/aromatic N) is 1. The molecular weight excluding hydrogens is 210 g/mol. The molecule has 0 aliphatic heterocycles. The molecule has 0 bridgehead atoms. The highest BCUT2D eigenvalue weighted by molar-refractivity contribution is 5.49. The molecule has 16 heavy (non-hydrogen) atoms. The molecule has 1 rings (SSSR count). The Morgan fingerprint density at radius 2 is 2.12 bits per heavy atom. The number of nitro groups is 1. The Morgan fingerprint density at radius 3 is 2.56 bits per heavy atom. The molecule has 0 aromatic heterocycles. The fourth-order valence-electron chi connectivity index (χ4n) is 1.45. The second-order valence-electron chi connectivity index (χ2n) is 4.18. The molecule has 1 aromatic carbocycles. The van der Waals surface area contributed by atoms with Crippen molar-refractivity contribution >= 4 is 5.69 Å². The zero-order chi connectivity index (χ0) is 12.3. The van der Waals surface area contributed by atoms with E-state index < -0.39 is 10.3 Å². The van der Waals surface area contributed by atoms with Crippen LogP contribution in [0.15, 0.2) is 18.2 Å². The van der Waals surface area contributed by atoms with Gasteiger partial charge in [-0.1, -0.05) is 13.8 Å². The molecule has 0 saturated carbocycles. The van der Waals surface area contributed by atoms with E-state index in [0.29, 0.717) is 11.3 Å². The molecule has 1 N–H and O–H groups in total. The lowest BCUT2D eigenvalue weighted by atomic mass is 9.84. The van der Waals surface area contributed by atoms with Gasteiger partial charge < -0.3 is 9.84 Å². The number of ether oxygens (including phenoxy) is 1. The lowest BCUT2D eigenvalue weighted by Crippen LogP contribution is -2.23. The smallest absolute Gasteiger partial charge is 0.276 e. The van der Waals surface area contributed by atoms with Gasteiger partial charge in [0.25, 0.3) is 5.69 Å². The van der Waals surface area contributed by atoms with Gasteiger partial charge in [0, 0.05) is 11.0 Å². The fourth-order valence-corrected chi connectivity index (χ4v) is 1.45. The Hall–Kier alpha value is -1.62. The van der Waals surface area contributed by atoms with Gasteiger partial charge in [0.1, 0.15) is 5.75 Å². The van der Waals surface area contributed by atoms with Crippen LogP contribution in [-0.2, 0) is 5.41 Å². The van der Waals surface area contributed by atoms with Crippen LogP contribution in [0.4, 0.5) is 5.69 Å². The Balaban J connectivity index is 3.34. The number of rotatable bonds is 4. The number of benzene rings is 1. The summed E-state index contributed by atoms with van der Waals surface area (Å²) in [6.45, 7) is 3.35. The highest BCUT2D eigenvalue weighted by atomic mass is 16.6. The molecule has 0 unspecified atom stereocenters. The Kier molecular flexibility index (Phi) is 3.49. The highest BCUT2D eigenvalue weighted by Crippen LogP contribution is 2.33. The minimum atomic E-state index is -0.644. The third kappa shape index (κ3) is 2.30. The van der Waals surface area contributed by atoms with Crippen molar-refractivity contribution in [3.05, 3.63) is 33.9 Å². The fraction of sp³-hybridized carbons (Fsp3) is 0.455. The van der Waals surface area contributed by atoms with Crippen molar-refractivity contribution in [1.82, 2.24) is 0 Å². The van der Waals surface area contributed by atoms with E-state index in [1.165, 1.54) is 13.2 Å². The lowest BCUT2D eigenvalue weighted by molar-refractivity contribution is -0.386. The third-order valence-electron chi connectivity index (χ3n) is 2.53. The number of hydrogen-bond donors (Lipinski definition) is 1. The molecule has 0 heterocycles. The Morgan fingerprint density at radius 1 is 1.50 bits per heavy atom. The molecule has 0 radical (unpaired) electrons. The van der Waals surface area contributed by atoms with Crippen LogP contribution in [0.1, 0.15) is 19.4 Å². The molecule has 0 spiro atoms. The number of aliphatic hydroxyl groups is 1. The molecule has 5 nitrogen and oxygen atoms in total. The van der Waals surface area contributed by atoms with Gasteiger partial charge >= 0.3 is 0 Å². The maximum Gasteiger partial charge on any atom is 0.276 e. The number of methoxy groups -OCH3 is 1. The molecule has 5 heteroatoms. The second-order valence-corrected chi connectivity index (χ2v) is 4.18. The topological polar surface area (TPSA) is 72.6 Å². The van der Waals surface area contributed by atoms with Crippen molar-refractivity contribution in [1.29, 1.82) is 0 Å². The summed E-state index contributed by atoms with van der Waals surface area (Å²) >= 11 is 0. The van der Waals surface area contributed by atoms with E-state index in [1.54, 1.807) is 26.0 Å². The third-order valence-corrected chi connectivity index (χ3v) is 2.53. The summed E-state index contributed by atoms with van der Waals surface area (Å²) < 4.78 is 4.94. The summed E-state index contributed by atoms with van der Waals surface area (Å²) in [7, 11) is 1.45. The molecule has 0 amide bonds. The van der Waals surface area contributed by atoms with Crippen LogP contribution in [0.2, 0.25) is 0 Å². The normalized spacial score (nSPS) is 11.2. The SMILES string of the molecule is COc1ccc(C(C)(C)CO)c([N+](=O)[O-])c1. The van der Waals surface area contributed by atoms with Crippen molar-refractivity contribution in [2.45, 2.75) is 19.3 Å². The first-order valence-corrected chi connectivity index (χ1v) is 4.86. The zero-order valence-electron chi connectivity index (χ0n) is 9.56. The predicted octanol–water partition coefficient (Wildman–Crippen LogP) is 1.87. The van der Waals surface area contributed by atoms with Crippen molar-refractivity contribution in [2.75, 3.05) is 13.7 Å². The second kappa shape index (κ2) is 4.49. The van der Waals surface area contributed by atoms with Crippen LogP contribution in [0.3, 0.4) is 0 Å². The van der Waals surface area contributed by atoms with Crippen molar-refractivity contribution in [3.63, 3.8) is 0 Å². The molecule has 0 aliphatic rings. The van der Waals surface area contributed by atoms with Gasteiger partial charge in [0.05, 0.1) is 24.7 Å². The van der Waals surface area contributed by atoms with E-state index in [-0.39, 0.29) is 12.3 Å². The van der Waals surface area contributed by atoms with Crippen molar-refractivity contribution in [2.24, 2.45) is 0 Å². The Labute approximate surface area is 93.8 Å². The van der Waals surface area contributed by atoms with E-state index >= 15 is 0 Å². The summed E-state index contributed by atoms with van der Waals surface area (Å²) in [6.07, 6.45) is 0. The monoisotopic (exact) mass is 225 g/mol. The van der Waals surface area contributed by atoms with Crippen LogP contribution >= 0.6 is 0 Å². The summed E-state index contributed by atoms with van der Waals surface area (Å²) in [5.74, 6) is 0.434. The summed E-state index contributed by atoms with van der Waals surface area (Å²) in [6, 6.07) is 4.64. The van der Waals surface area contributed by atoms with Gasteiger partial charge in [-0.2, -0.15) is 0 Å². The zero-order valence-corrected chi connectivity index (χ0v) is 9.56. The number of hydrogen-bond acceptors (Lipinski definition) is 4. The van der Waals surface area contributed by atoms with E-state index in [9.17, 15) is 15.2 Å². The van der Waals surface area contributed by atoms with Crippen molar-refractivity contribution < 1.29 is 14.8 Å². The number of aliphatic hydroxyl groups excluding tert-OH is 1. The van der Waals surface area contributed by atoms with E-state index in [4.69, 9.17) is 4.74 Å². The van der Waals surface area contributed by atoms with Crippen LogP contribution in [-0.4, -0.2) is 23.7 Å². The average molecular weight is 225 g/mol. The lowest BCUT2D eigenvalue weighted by Gasteiger charge is -2.22. The minimum absolute atomic E-state index is 0.0293. The maximum absolute atomic E-state index is 10.9. The minimum Gasteiger partial charge on any atom is -0.497 e. The molecule has 0 saturated heterocycles. The van der Waals surface area contributed by atoms with E-state index in [0.717, 1.165) is 0 Å². The van der Waals surface area contributed by atoms with Gasteiger partial charge in [0.2, 0.25) is 0 Å².